The number of aromatic carboxylic acids is 1. The lowest BCUT2D eigenvalue weighted by molar-refractivity contribution is -0.353. The lowest BCUT2D eigenvalue weighted by atomic mass is 10.0. The number of allylic oxidation sites excluding steroid dienone is 1. The van der Waals surface area contributed by atoms with E-state index < -0.39 is 21.8 Å². The number of carboxylic acids is 1. The van der Waals surface area contributed by atoms with E-state index in [1.54, 1.807) is 19.1 Å². The Morgan fingerprint density at radius 1 is 1.32 bits per heavy atom. The van der Waals surface area contributed by atoms with E-state index in [1.165, 1.54) is 37.0 Å². The van der Waals surface area contributed by atoms with Gasteiger partial charge in [0.15, 0.2) is 5.69 Å². The second-order valence-electron chi connectivity index (χ2n) is 6.42. The number of sulfonamides is 1. The minimum atomic E-state index is -3.54. The molecule has 0 saturated heterocycles. The maximum Gasteiger partial charge on any atom is 0.356 e. The second kappa shape index (κ2) is 8.63. The Balaban J connectivity index is 2.36. The molecule has 0 fully saturated rings. The molecule has 0 spiro atoms. The molecule has 1 aromatic carbocycles. The van der Waals surface area contributed by atoms with Crippen LogP contribution >= 0.6 is 0 Å². The number of rotatable bonds is 8. The molecule has 1 aromatic heterocycles. The van der Waals surface area contributed by atoms with Crippen molar-refractivity contribution in [2.24, 2.45) is 0 Å². The van der Waals surface area contributed by atoms with Crippen LogP contribution in [-0.4, -0.2) is 54.2 Å². The zero-order valence-corrected chi connectivity index (χ0v) is 16.8. The molecule has 0 aliphatic rings. The smallest absolute Gasteiger partial charge is 0.356 e. The Labute approximate surface area is 163 Å². The maximum atomic E-state index is 13.8. The third-order valence-electron chi connectivity index (χ3n) is 4.28. The third-order valence-corrected chi connectivity index (χ3v) is 6.11. The standard InChI is InChI=1S/C18H23FN4O4S/c1-12-16(17(18(24)25)21-23(12)11-14(19)8-9-20)10-13-4-6-15(7-5-13)28(26,27)22(2)3/h4-8H,9-11,20H2,1-3H3,(H,24,25)/p+1/b14-8-. The van der Waals surface area contributed by atoms with Crippen molar-refractivity contribution in [3.63, 3.8) is 0 Å². The normalized spacial score (nSPS) is 12.6. The van der Waals surface area contributed by atoms with Crippen molar-refractivity contribution in [2.45, 2.75) is 24.8 Å². The molecule has 152 valence electrons. The third kappa shape index (κ3) is 4.64. The van der Waals surface area contributed by atoms with E-state index in [1.807, 2.05) is 0 Å². The van der Waals surface area contributed by atoms with Crippen molar-refractivity contribution in [1.29, 1.82) is 0 Å². The molecular formula is C18H24FN4O4S+. The van der Waals surface area contributed by atoms with Crippen LogP contribution in [0.15, 0.2) is 41.1 Å². The highest BCUT2D eigenvalue weighted by Crippen LogP contribution is 2.21. The molecule has 0 radical (unpaired) electrons. The molecule has 0 aliphatic heterocycles. The summed E-state index contributed by atoms with van der Waals surface area (Å²) < 4.78 is 40.5. The summed E-state index contributed by atoms with van der Waals surface area (Å²) in [5, 5.41) is 13.5. The first-order chi connectivity index (χ1) is 13.1. The summed E-state index contributed by atoms with van der Waals surface area (Å²) in [4.78, 5) is 11.7. The Bertz CT molecular complexity index is 995. The van der Waals surface area contributed by atoms with E-state index in [0.29, 0.717) is 11.3 Å². The van der Waals surface area contributed by atoms with Crippen LogP contribution < -0.4 is 5.73 Å². The Hall–Kier alpha value is -2.56. The molecule has 2 aromatic rings. The van der Waals surface area contributed by atoms with Gasteiger partial charge in [-0.2, -0.15) is 5.10 Å². The Morgan fingerprint density at radius 3 is 2.43 bits per heavy atom. The van der Waals surface area contributed by atoms with E-state index in [0.717, 1.165) is 9.87 Å². The molecule has 0 amide bonds. The highest BCUT2D eigenvalue weighted by Gasteiger charge is 2.22. The number of carboxylic acid groups (broad SMARTS) is 1. The molecule has 0 bridgehead atoms. The molecule has 2 rings (SSSR count). The topological polar surface area (TPSA) is 120 Å². The van der Waals surface area contributed by atoms with E-state index in [-0.39, 0.29) is 30.1 Å². The van der Waals surface area contributed by atoms with Crippen LogP contribution in [0.1, 0.15) is 27.3 Å². The second-order valence-corrected chi connectivity index (χ2v) is 8.58. The summed E-state index contributed by atoms with van der Waals surface area (Å²) in [5.74, 6) is -1.65. The van der Waals surface area contributed by atoms with Crippen LogP contribution in [0.25, 0.3) is 0 Å². The van der Waals surface area contributed by atoms with Gasteiger partial charge in [0, 0.05) is 37.8 Å². The Kier molecular flexibility index (Phi) is 6.70. The van der Waals surface area contributed by atoms with Crippen molar-refractivity contribution in [2.75, 3.05) is 20.6 Å². The number of nitrogens with zero attached hydrogens (tertiary/aromatic N) is 3. The van der Waals surface area contributed by atoms with Gasteiger partial charge in [0.2, 0.25) is 10.0 Å². The van der Waals surface area contributed by atoms with Crippen LogP contribution in [0.5, 0.6) is 0 Å². The van der Waals surface area contributed by atoms with E-state index in [2.05, 4.69) is 10.8 Å². The van der Waals surface area contributed by atoms with Gasteiger partial charge in [-0.1, -0.05) is 12.1 Å². The van der Waals surface area contributed by atoms with Gasteiger partial charge in [-0.3, -0.25) is 4.68 Å². The largest absolute Gasteiger partial charge is 0.476 e. The van der Waals surface area contributed by atoms with E-state index >= 15 is 0 Å². The van der Waals surface area contributed by atoms with Gasteiger partial charge in [0.1, 0.15) is 5.83 Å². The lowest BCUT2D eigenvalue weighted by Crippen LogP contribution is -2.49. The zero-order chi connectivity index (χ0) is 21.1. The van der Waals surface area contributed by atoms with Crippen LogP contribution in [-0.2, 0) is 23.0 Å². The number of aromatic nitrogens is 2. The van der Waals surface area contributed by atoms with Gasteiger partial charge in [-0.05, 0) is 24.6 Å². The first-order valence-electron chi connectivity index (χ1n) is 8.52. The number of hydrogen-bond acceptors (Lipinski definition) is 4. The van der Waals surface area contributed by atoms with Gasteiger partial charge in [0.05, 0.1) is 18.0 Å². The van der Waals surface area contributed by atoms with Gasteiger partial charge in [-0.25, -0.2) is 21.9 Å². The molecular weight excluding hydrogens is 387 g/mol. The number of benzene rings is 1. The molecule has 0 saturated carbocycles. The SMILES string of the molecule is Cc1c(Cc2ccc(S(=O)(=O)N(C)C)cc2)c(C(=O)O)nn1C/C(F)=C/C[NH3+]. The molecule has 1 heterocycles. The van der Waals surface area contributed by atoms with Gasteiger partial charge in [-0.15, -0.1) is 0 Å². The molecule has 10 heteroatoms. The van der Waals surface area contributed by atoms with Crippen LogP contribution in [0.3, 0.4) is 0 Å². The zero-order valence-electron chi connectivity index (χ0n) is 16.0. The molecule has 4 N–H and O–H groups in total. The van der Waals surface area contributed by atoms with Crippen molar-refractivity contribution < 1.29 is 28.4 Å². The lowest BCUT2D eigenvalue weighted by Gasteiger charge is -2.11. The maximum absolute atomic E-state index is 13.8. The highest BCUT2D eigenvalue weighted by molar-refractivity contribution is 7.89. The highest BCUT2D eigenvalue weighted by atomic mass is 32.2. The predicted octanol–water partition coefficient (Wildman–Crippen LogP) is 0.826. The van der Waals surface area contributed by atoms with Crippen molar-refractivity contribution >= 4 is 16.0 Å². The van der Waals surface area contributed by atoms with Gasteiger partial charge in [0.25, 0.3) is 0 Å². The number of halogens is 1. The first kappa shape index (κ1) is 21.7. The number of carbonyl (C=O) groups is 1. The minimum Gasteiger partial charge on any atom is -0.476 e. The average Bonchev–Trinajstić information content (AvgIpc) is 2.92. The predicted molar refractivity (Wildman–Crippen MR) is 101 cm³/mol. The number of hydrogen-bond donors (Lipinski definition) is 2. The summed E-state index contributed by atoms with van der Waals surface area (Å²) in [7, 11) is -0.648. The summed E-state index contributed by atoms with van der Waals surface area (Å²) in [5.41, 5.74) is 5.11. The minimum absolute atomic E-state index is 0.146. The molecule has 0 atom stereocenters. The van der Waals surface area contributed by atoms with Crippen LogP contribution in [0, 0.1) is 6.92 Å². The van der Waals surface area contributed by atoms with Crippen molar-refractivity contribution in [3.05, 3.63) is 58.7 Å². The van der Waals surface area contributed by atoms with Gasteiger partial charge >= 0.3 is 5.97 Å². The summed E-state index contributed by atoms with van der Waals surface area (Å²) in [6, 6.07) is 6.20. The van der Waals surface area contributed by atoms with Crippen LogP contribution in [0.2, 0.25) is 0 Å². The molecule has 0 aliphatic carbocycles. The molecule has 0 unspecified atom stereocenters. The summed E-state index contributed by atoms with van der Waals surface area (Å²) >= 11 is 0. The fraction of sp³-hybridized carbons (Fsp3) is 0.333. The van der Waals surface area contributed by atoms with E-state index in [9.17, 15) is 22.7 Å². The average molecular weight is 411 g/mol. The summed E-state index contributed by atoms with van der Waals surface area (Å²) in [6.45, 7) is 1.80. The fourth-order valence-electron chi connectivity index (χ4n) is 2.68. The number of quaternary nitrogens is 1. The van der Waals surface area contributed by atoms with Gasteiger partial charge < -0.3 is 10.8 Å². The Morgan fingerprint density at radius 2 is 1.93 bits per heavy atom. The molecule has 28 heavy (non-hydrogen) atoms. The summed E-state index contributed by atoms with van der Waals surface area (Å²) in [6.07, 6.45) is 1.54. The first-order valence-corrected chi connectivity index (χ1v) is 9.96. The van der Waals surface area contributed by atoms with Crippen molar-refractivity contribution in [1.82, 2.24) is 14.1 Å². The van der Waals surface area contributed by atoms with Crippen molar-refractivity contribution in [3.8, 4) is 0 Å². The van der Waals surface area contributed by atoms with E-state index in [4.69, 9.17) is 0 Å². The quantitative estimate of drug-likeness (QED) is 0.667. The van der Waals surface area contributed by atoms with Crippen LogP contribution in [0.4, 0.5) is 4.39 Å². The monoisotopic (exact) mass is 411 g/mol. The fourth-order valence-corrected chi connectivity index (χ4v) is 3.58. The molecule has 8 nitrogen and oxygen atoms in total.